The van der Waals surface area contributed by atoms with Crippen molar-refractivity contribution in [3.8, 4) is 0 Å². The zero-order chi connectivity index (χ0) is 13.2. The van der Waals surface area contributed by atoms with Gasteiger partial charge in [0.1, 0.15) is 4.90 Å². The molecule has 1 aromatic rings. The SMILES string of the molecule is O=S(=O)(NCC1CCCC1Br)c1ccccc1Cl. The summed E-state index contributed by atoms with van der Waals surface area (Å²) in [7, 11) is -3.50. The standard InChI is InChI=1S/C12H15BrClNO2S/c13-10-5-3-4-9(10)8-15-18(16,17)12-7-2-1-6-11(12)14/h1-2,6-7,9-10,15H,3-5,8H2. The van der Waals surface area contributed by atoms with Crippen molar-refractivity contribution in [2.75, 3.05) is 6.54 Å². The molecule has 0 amide bonds. The molecule has 0 bridgehead atoms. The van der Waals surface area contributed by atoms with Crippen molar-refractivity contribution in [1.29, 1.82) is 0 Å². The molecule has 2 unspecified atom stereocenters. The average molecular weight is 353 g/mol. The molecule has 0 spiro atoms. The molecule has 0 radical (unpaired) electrons. The summed E-state index contributed by atoms with van der Waals surface area (Å²) in [6, 6.07) is 6.49. The number of hydrogen-bond acceptors (Lipinski definition) is 2. The molecule has 2 rings (SSSR count). The fourth-order valence-corrected chi connectivity index (χ4v) is 4.57. The molecule has 0 aromatic heterocycles. The number of halogens is 2. The highest BCUT2D eigenvalue weighted by Crippen LogP contribution is 2.31. The van der Waals surface area contributed by atoms with Crippen LogP contribution in [0.25, 0.3) is 0 Å². The third-order valence-corrected chi connectivity index (χ3v) is 6.36. The van der Waals surface area contributed by atoms with Crippen LogP contribution in [0.1, 0.15) is 19.3 Å². The smallest absolute Gasteiger partial charge is 0.211 e. The number of nitrogens with one attached hydrogen (secondary N) is 1. The van der Waals surface area contributed by atoms with Gasteiger partial charge in [0.2, 0.25) is 10.0 Å². The van der Waals surface area contributed by atoms with E-state index in [2.05, 4.69) is 20.7 Å². The summed E-state index contributed by atoms with van der Waals surface area (Å²) >= 11 is 9.49. The normalized spacial score (nSPS) is 24.3. The predicted octanol–water partition coefficient (Wildman–Crippen LogP) is 3.18. The van der Waals surface area contributed by atoms with Crippen LogP contribution in [0.4, 0.5) is 0 Å². The molecule has 1 aliphatic rings. The van der Waals surface area contributed by atoms with Crippen LogP contribution < -0.4 is 4.72 Å². The molecule has 18 heavy (non-hydrogen) atoms. The Balaban J connectivity index is 2.06. The van der Waals surface area contributed by atoms with Gasteiger partial charge < -0.3 is 0 Å². The van der Waals surface area contributed by atoms with Crippen LogP contribution >= 0.6 is 27.5 Å². The summed E-state index contributed by atoms with van der Waals surface area (Å²) in [6.45, 7) is 0.462. The van der Waals surface area contributed by atoms with Gasteiger partial charge in [-0.15, -0.1) is 0 Å². The highest BCUT2D eigenvalue weighted by molar-refractivity contribution is 9.09. The van der Waals surface area contributed by atoms with Gasteiger partial charge in [-0.05, 0) is 30.9 Å². The molecular formula is C12H15BrClNO2S. The van der Waals surface area contributed by atoms with Crippen molar-refractivity contribution < 1.29 is 8.42 Å². The third kappa shape index (κ3) is 3.26. The van der Waals surface area contributed by atoms with Gasteiger partial charge in [0.15, 0.2) is 0 Å². The molecule has 0 saturated heterocycles. The van der Waals surface area contributed by atoms with Crippen molar-refractivity contribution in [2.45, 2.75) is 29.0 Å². The highest BCUT2D eigenvalue weighted by atomic mass is 79.9. The first-order valence-corrected chi connectivity index (χ1v) is 8.66. The first-order valence-electron chi connectivity index (χ1n) is 5.89. The molecular weight excluding hydrogens is 338 g/mol. The maximum Gasteiger partial charge on any atom is 0.242 e. The Bertz CT molecular complexity index is 521. The zero-order valence-electron chi connectivity index (χ0n) is 9.77. The number of hydrogen-bond donors (Lipinski definition) is 1. The van der Waals surface area contributed by atoms with E-state index in [4.69, 9.17) is 11.6 Å². The van der Waals surface area contributed by atoms with Gasteiger partial charge in [-0.25, -0.2) is 13.1 Å². The average Bonchev–Trinajstić information content (AvgIpc) is 2.73. The number of alkyl halides is 1. The lowest BCUT2D eigenvalue weighted by atomic mass is 10.1. The molecule has 1 aliphatic carbocycles. The lowest BCUT2D eigenvalue weighted by Gasteiger charge is -2.15. The minimum Gasteiger partial charge on any atom is -0.211 e. The van der Waals surface area contributed by atoms with E-state index in [-0.39, 0.29) is 9.92 Å². The van der Waals surface area contributed by atoms with Crippen LogP contribution in [0.3, 0.4) is 0 Å². The highest BCUT2D eigenvalue weighted by Gasteiger charge is 2.27. The maximum atomic E-state index is 12.1. The van der Waals surface area contributed by atoms with Crippen molar-refractivity contribution in [3.63, 3.8) is 0 Å². The van der Waals surface area contributed by atoms with Gasteiger partial charge >= 0.3 is 0 Å². The predicted molar refractivity (Wildman–Crippen MR) is 76.7 cm³/mol. The van der Waals surface area contributed by atoms with Gasteiger partial charge in [-0.2, -0.15) is 0 Å². The van der Waals surface area contributed by atoms with Gasteiger partial charge in [0.05, 0.1) is 5.02 Å². The minimum absolute atomic E-state index is 0.149. The first-order chi connectivity index (χ1) is 8.50. The third-order valence-electron chi connectivity index (χ3n) is 3.23. The molecule has 0 aliphatic heterocycles. The summed E-state index contributed by atoms with van der Waals surface area (Å²) in [5.74, 6) is 0.363. The number of sulfonamides is 1. The van der Waals surface area contributed by atoms with Crippen molar-refractivity contribution in [3.05, 3.63) is 29.3 Å². The summed E-state index contributed by atoms with van der Waals surface area (Å²) in [6.07, 6.45) is 3.31. The zero-order valence-corrected chi connectivity index (χ0v) is 12.9. The Morgan fingerprint density at radius 1 is 1.33 bits per heavy atom. The summed E-state index contributed by atoms with van der Waals surface area (Å²) in [4.78, 5) is 0.558. The molecule has 3 nitrogen and oxygen atoms in total. The quantitative estimate of drug-likeness (QED) is 0.846. The van der Waals surface area contributed by atoms with E-state index in [9.17, 15) is 8.42 Å². The first kappa shape index (κ1) is 14.3. The molecule has 0 heterocycles. The Labute approximate surface area is 121 Å². The maximum absolute atomic E-state index is 12.1. The Morgan fingerprint density at radius 3 is 2.67 bits per heavy atom. The molecule has 1 aromatic carbocycles. The molecule has 2 atom stereocenters. The summed E-state index contributed by atoms with van der Waals surface area (Å²) in [5, 5.41) is 0.256. The van der Waals surface area contributed by atoms with Crippen molar-refractivity contribution in [1.82, 2.24) is 4.72 Å². The second-order valence-corrected chi connectivity index (χ2v) is 7.81. The fraction of sp³-hybridized carbons (Fsp3) is 0.500. The Hall–Kier alpha value is -0.100. The Morgan fingerprint density at radius 2 is 2.06 bits per heavy atom. The van der Waals surface area contributed by atoms with Gasteiger partial charge in [0, 0.05) is 11.4 Å². The van der Waals surface area contributed by atoms with E-state index in [1.807, 2.05) is 0 Å². The van der Waals surface area contributed by atoms with Crippen LogP contribution in [0, 0.1) is 5.92 Å². The van der Waals surface area contributed by atoms with Crippen LogP contribution in [0.15, 0.2) is 29.2 Å². The largest absolute Gasteiger partial charge is 0.242 e. The van der Waals surface area contributed by atoms with Crippen LogP contribution in [-0.2, 0) is 10.0 Å². The van der Waals surface area contributed by atoms with Crippen molar-refractivity contribution >= 4 is 37.6 Å². The second kappa shape index (κ2) is 5.90. The molecule has 1 N–H and O–H groups in total. The monoisotopic (exact) mass is 351 g/mol. The summed E-state index contributed by atoms with van der Waals surface area (Å²) in [5.41, 5.74) is 0. The molecule has 1 saturated carbocycles. The lowest BCUT2D eigenvalue weighted by Crippen LogP contribution is -2.31. The van der Waals surface area contributed by atoms with E-state index >= 15 is 0 Å². The fourth-order valence-electron chi connectivity index (χ4n) is 2.18. The van der Waals surface area contributed by atoms with Crippen LogP contribution in [0.2, 0.25) is 5.02 Å². The molecule has 100 valence electrons. The topological polar surface area (TPSA) is 46.2 Å². The van der Waals surface area contributed by atoms with E-state index in [1.165, 1.54) is 6.07 Å². The van der Waals surface area contributed by atoms with Crippen LogP contribution in [0.5, 0.6) is 0 Å². The molecule has 1 fully saturated rings. The van der Waals surface area contributed by atoms with E-state index in [0.29, 0.717) is 17.3 Å². The molecule has 6 heteroatoms. The minimum atomic E-state index is -3.50. The van der Waals surface area contributed by atoms with E-state index in [1.54, 1.807) is 18.2 Å². The van der Waals surface area contributed by atoms with Crippen LogP contribution in [-0.4, -0.2) is 19.8 Å². The summed E-state index contributed by atoms with van der Waals surface area (Å²) < 4.78 is 26.9. The number of benzene rings is 1. The van der Waals surface area contributed by atoms with E-state index < -0.39 is 10.0 Å². The van der Waals surface area contributed by atoms with Gasteiger partial charge in [-0.1, -0.05) is 46.1 Å². The van der Waals surface area contributed by atoms with Crippen molar-refractivity contribution in [2.24, 2.45) is 5.92 Å². The van der Waals surface area contributed by atoms with Gasteiger partial charge in [-0.3, -0.25) is 0 Å². The lowest BCUT2D eigenvalue weighted by molar-refractivity contribution is 0.529. The van der Waals surface area contributed by atoms with Gasteiger partial charge in [0.25, 0.3) is 0 Å². The van der Waals surface area contributed by atoms with E-state index in [0.717, 1.165) is 19.3 Å². The Kier molecular flexibility index (Phi) is 4.69. The second-order valence-electron chi connectivity index (χ2n) is 4.49. The number of rotatable bonds is 4.